The van der Waals surface area contributed by atoms with Crippen LogP contribution in [0.15, 0.2) is 78.5 Å². The van der Waals surface area contributed by atoms with Crippen LogP contribution in [-0.4, -0.2) is 16.7 Å². The Hall–Kier alpha value is -4.26. The molecule has 0 aliphatic carbocycles. The Morgan fingerprint density at radius 1 is 0.903 bits per heavy atom. The molecule has 0 aromatic heterocycles. The summed E-state index contributed by atoms with van der Waals surface area (Å²) >= 11 is 0. The summed E-state index contributed by atoms with van der Waals surface area (Å²) in [5.41, 5.74) is 3.16. The van der Waals surface area contributed by atoms with Crippen molar-refractivity contribution in [3.8, 4) is 0 Å². The lowest BCUT2D eigenvalue weighted by Crippen LogP contribution is -2.30. The van der Waals surface area contributed by atoms with E-state index in [1.807, 2.05) is 32.0 Å². The first-order valence-electron chi connectivity index (χ1n) is 9.54. The quantitative estimate of drug-likeness (QED) is 0.348. The summed E-state index contributed by atoms with van der Waals surface area (Å²) < 4.78 is 0. The zero-order valence-corrected chi connectivity index (χ0v) is 17.1. The maximum atomic E-state index is 12.9. The molecular weight excluding hydrogens is 394 g/mol. The first kappa shape index (κ1) is 21.4. The van der Waals surface area contributed by atoms with Gasteiger partial charge in [-0.2, -0.15) is 0 Å². The van der Waals surface area contributed by atoms with Crippen molar-refractivity contribution in [2.45, 2.75) is 13.8 Å². The first-order valence-corrected chi connectivity index (χ1v) is 9.54. The van der Waals surface area contributed by atoms with Crippen LogP contribution in [0.25, 0.3) is 6.08 Å². The van der Waals surface area contributed by atoms with Crippen LogP contribution in [0.2, 0.25) is 0 Å². The molecule has 0 atom stereocenters. The number of anilines is 1. The number of rotatable bonds is 6. The molecule has 2 N–H and O–H groups in total. The van der Waals surface area contributed by atoms with E-state index < -0.39 is 16.7 Å². The minimum atomic E-state index is -0.545. The van der Waals surface area contributed by atoms with E-state index in [1.54, 1.807) is 36.4 Å². The summed E-state index contributed by atoms with van der Waals surface area (Å²) in [5, 5.41) is 16.4. The number of carbonyl (C=O) groups is 2. The molecule has 0 saturated heterocycles. The Morgan fingerprint density at radius 3 is 2.29 bits per heavy atom. The Bertz CT molecular complexity index is 1170. The summed E-state index contributed by atoms with van der Waals surface area (Å²) in [6, 6.07) is 20.0. The van der Waals surface area contributed by atoms with Gasteiger partial charge in [-0.15, -0.1) is 0 Å². The highest BCUT2D eigenvalue weighted by atomic mass is 16.6. The van der Waals surface area contributed by atoms with Crippen molar-refractivity contribution in [2.75, 3.05) is 5.32 Å². The summed E-state index contributed by atoms with van der Waals surface area (Å²) in [7, 11) is 0. The Kier molecular flexibility index (Phi) is 6.57. The average Bonchev–Trinajstić information content (AvgIpc) is 2.75. The van der Waals surface area contributed by atoms with Crippen LogP contribution in [0.5, 0.6) is 0 Å². The highest BCUT2D eigenvalue weighted by molar-refractivity contribution is 6.10. The van der Waals surface area contributed by atoms with Gasteiger partial charge in [0.2, 0.25) is 0 Å². The van der Waals surface area contributed by atoms with E-state index in [2.05, 4.69) is 10.6 Å². The number of benzene rings is 3. The van der Waals surface area contributed by atoms with Gasteiger partial charge < -0.3 is 10.6 Å². The third-order valence-corrected chi connectivity index (χ3v) is 4.47. The van der Waals surface area contributed by atoms with Crippen LogP contribution in [0, 0.1) is 24.0 Å². The number of hydrogen-bond donors (Lipinski definition) is 2. The summed E-state index contributed by atoms with van der Waals surface area (Å²) in [4.78, 5) is 36.2. The lowest BCUT2D eigenvalue weighted by molar-refractivity contribution is -0.384. The largest absolute Gasteiger partial charge is 0.321 e. The molecule has 156 valence electrons. The number of nitro groups is 1. The van der Waals surface area contributed by atoms with E-state index in [0.29, 0.717) is 16.8 Å². The fourth-order valence-corrected chi connectivity index (χ4v) is 2.87. The molecule has 0 spiro atoms. The van der Waals surface area contributed by atoms with Gasteiger partial charge in [0.1, 0.15) is 5.70 Å². The van der Waals surface area contributed by atoms with Crippen molar-refractivity contribution >= 4 is 29.3 Å². The highest BCUT2D eigenvalue weighted by Crippen LogP contribution is 2.17. The summed E-state index contributed by atoms with van der Waals surface area (Å²) in [5.74, 6) is -1.00. The van der Waals surface area contributed by atoms with Crippen LogP contribution in [0.4, 0.5) is 11.4 Å². The second kappa shape index (κ2) is 9.49. The number of amides is 2. The minimum absolute atomic E-state index is 0.0346. The third-order valence-electron chi connectivity index (χ3n) is 4.47. The van der Waals surface area contributed by atoms with E-state index in [4.69, 9.17) is 0 Å². The zero-order valence-electron chi connectivity index (χ0n) is 17.1. The molecule has 0 unspecified atom stereocenters. The van der Waals surface area contributed by atoms with Gasteiger partial charge in [0.25, 0.3) is 17.5 Å². The van der Waals surface area contributed by atoms with E-state index in [1.165, 1.54) is 24.3 Å². The van der Waals surface area contributed by atoms with Gasteiger partial charge in [-0.1, -0.05) is 47.5 Å². The summed E-state index contributed by atoms with van der Waals surface area (Å²) in [6.45, 7) is 3.79. The molecule has 2 amide bonds. The molecule has 0 radical (unpaired) electrons. The van der Waals surface area contributed by atoms with E-state index in [0.717, 1.165) is 11.1 Å². The van der Waals surface area contributed by atoms with Crippen molar-refractivity contribution in [1.29, 1.82) is 0 Å². The monoisotopic (exact) mass is 415 g/mol. The first-order chi connectivity index (χ1) is 14.8. The number of hydrogen-bond acceptors (Lipinski definition) is 4. The Morgan fingerprint density at radius 2 is 1.61 bits per heavy atom. The molecule has 3 aromatic rings. The van der Waals surface area contributed by atoms with Gasteiger partial charge in [-0.25, -0.2) is 0 Å². The fourth-order valence-electron chi connectivity index (χ4n) is 2.87. The molecule has 0 fully saturated rings. The van der Waals surface area contributed by atoms with Crippen molar-refractivity contribution in [1.82, 2.24) is 5.32 Å². The predicted octanol–water partition coefficient (Wildman–Crippen LogP) is 4.62. The predicted molar refractivity (Wildman–Crippen MR) is 120 cm³/mol. The van der Waals surface area contributed by atoms with Gasteiger partial charge in [0, 0.05) is 23.4 Å². The van der Waals surface area contributed by atoms with Gasteiger partial charge in [0.15, 0.2) is 0 Å². The topological polar surface area (TPSA) is 101 Å². The van der Waals surface area contributed by atoms with Gasteiger partial charge in [0.05, 0.1) is 4.92 Å². The van der Waals surface area contributed by atoms with E-state index >= 15 is 0 Å². The molecule has 0 bridgehead atoms. The second-order valence-corrected chi connectivity index (χ2v) is 7.05. The number of carbonyl (C=O) groups excluding carboxylic acids is 2. The Labute approximate surface area is 179 Å². The standard InChI is InChI=1S/C24H21N3O4/c1-16-9-11-20(12-10-16)25-24(29)22(15-18-6-4-8-21(14-18)27(30)31)26-23(28)19-7-3-5-17(2)13-19/h3-15H,1-2H3,(H,25,29)(H,26,28). The zero-order chi connectivity index (χ0) is 22.4. The number of aryl methyl sites for hydroxylation is 2. The fraction of sp³-hybridized carbons (Fsp3) is 0.0833. The molecule has 7 heteroatoms. The van der Waals surface area contributed by atoms with E-state index in [9.17, 15) is 19.7 Å². The van der Waals surface area contributed by atoms with Crippen molar-refractivity contribution in [3.63, 3.8) is 0 Å². The summed E-state index contributed by atoms with van der Waals surface area (Å²) in [6.07, 6.45) is 1.41. The van der Waals surface area contributed by atoms with Crippen LogP contribution in [0.1, 0.15) is 27.0 Å². The lowest BCUT2D eigenvalue weighted by atomic mass is 10.1. The molecular formula is C24H21N3O4. The normalized spacial score (nSPS) is 11.0. The smallest absolute Gasteiger partial charge is 0.272 e. The molecule has 0 heterocycles. The van der Waals surface area contributed by atoms with Crippen molar-refractivity contribution in [3.05, 3.63) is 111 Å². The highest BCUT2D eigenvalue weighted by Gasteiger charge is 2.16. The van der Waals surface area contributed by atoms with Crippen molar-refractivity contribution < 1.29 is 14.5 Å². The SMILES string of the molecule is Cc1ccc(NC(=O)C(=Cc2cccc([N+](=O)[O-])c2)NC(=O)c2cccc(C)c2)cc1. The maximum Gasteiger partial charge on any atom is 0.272 e. The minimum Gasteiger partial charge on any atom is -0.321 e. The lowest BCUT2D eigenvalue weighted by Gasteiger charge is -2.12. The van der Waals surface area contributed by atoms with Gasteiger partial charge in [-0.3, -0.25) is 19.7 Å². The van der Waals surface area contributed by atoms with E-state index in [-0.39, 0.29) is 11.4 Å². The number of non-ortho nitro benzene ring substituents is 1. The third kappa shape index (κ3) is 5.86. The van der Waals surface area contributed by atoms with Crippen molar-refractivity contribution in [2.24, 2.45) is 0 Å². The number of nitrogens with one attached hydrogen (secondary N) is 2. The van der Waals surface area contributed by atoms with Crippen LogP contribution in [-0.2, 0) is 4.79 Å². The average molecular weight is 415 g/mol. The van der Waals surface area contributed by atoms with Gasteiger partial charge >= 0.3 is 0 Å². The number of nitro benzene ring substituents is 1. The molecule has 0 saturated carbocycles. The molecule has 7 nitrogen and oxygen atoms in total. The van der Waals surface area contributed by atoms with Crippen LogP contribution < -0.4 is 10.6 Å². The molecule has 3 rings (SSSR count). The molecule has 3 aromatic carbocycles. The second-order valence-electron chi connectivity index (χ2n) is 7.05. The maximum absolute atomic E-state index is 12.9. The molecule has 0 aliphatic rings. The number of nitrogens with zero attached hydrogens (tertiary/aromatic N) is 1. The van der Waals surface area contributed by atoms with Gasteiger partial charge in [-0.05, 0) is 49.8 Å². The van der Waals surface area contributed by atoms with Crippen LogP contribution in [0.3, 0.4) is 0 Å². The Balaban J connectivity index is 1.93. The van der Waals surface area contributed by atoms with Crippen LogP contribution >= 0.6 is 0 Å². The molecule has 0 aliphatic heterocycles. The molecule has 31 heavy (non-hydrogen) atoms.